The first kappa shape index (κ1) is 13.9. The van der Waals surface area contributed by atoms with Crippen molar-refractivity contribution in [1.29, 1.82) is 0 Å². The van der Waals surface area contributed by atoms with Gasteiger partial charge in [0.2, 0.25) is 5.91 Å². The Hall–Kier alpha value is -1.07. The van der Waals surface area contributed by atoms with Crippen LogP contribution in [-0.4, -0.2) is 31.6 Å². The van der Waals surface area contributed by atoms with Crippen molar-refractivity contribution in [3.8, 4) is 5.75 Å². The van der Waals surface area contributed by atoms with Crippen molar-refractivity contribution in [3.05, 3.63) is 22.7 Å². The van der Waals surface area contributed by atoms with E-state index in [9.17, 15) is 4.79 Å². The van der Waals surface area contributed by atoms with Gasteiger partial charge < -0.3 is 15.0 Å². The minimum absolute atomic E-state index is 0.0330. The summed E-state index contributed by atoms with van der Waals surface area (Å²) in [4.78, 5) is 14.5. The van der Waals surface area contributed by atoms with Gasteiger partial charge in [0.05, 0.1) is 18.8 Å². The smallest absolute Gasteiger partial charge is 0.244 e. The number of methoxy groups -OCH3 is 1. The molecule has 1 aromatic carbocycles. The third-order valence-electron chi connectivity index (χ3n) is 3.90. The molecule has 3 rings (SSSR count). The number of carbonyl (C=O) groups is 1. The van der Waals surface area contributed by atoms with Crippen molar-refractivity contribution in [1.82, 2.24) is 5.32 Å². The number of rotatable bonds is 4. The zero-order valence-electron chi connectivity index (χ0n) is 11.6. The van der Waals surface area contributed by atoms with Crippen LogP contribution in [0.1, 0.15) is 25.7 Å². The molecule has 1 heterocycles. The van der Waals surface area contributed by atoms with E-state index in [0.29, 0.717) is 6.04 Å². The summed E-state index contributed by atoms with van der Waals surface area (Å²) in [6.07, 6.45) is 4.37. The summed E-state index contributed by atoms with van der Waals surface area (Å²) in [5, 5.41) is 3.45. The van der Waals surface area contributed by atoms with Crippen molar-refractivity contribution >= 4 is 27.5 Å². The maximum atomic E-state index is 12.6. The Bertz CT molecular complexity index is 517. The van der Waals surface area contributed by atoms with Crippen LogP contribution >= 0.6 is 15.9 Å². The first-order chi connectivity index (χ1) is 9.69. The first-order valence-corrected chi connectivity index (χ1v) is 7.89. The second-order valence-electron chi connectivity index (χ2n) is 5.44. The molecule has 0 bridgehead atoms. The highest BCUT2D eigenvalue weighted by Gasteiger charge is 2.34. The molecule has 1 unspecified atom stereocenters. The highest BCUT2D eigenvalue weighted by molar-refractivity contribution is 9.10. The second kappa shape index (κ2) is 5.74. The average molecular weight is 339 g/mol. The molecule has 1 saturated carbocycles. The van der Waals surface area contributed by atoms with E-state index in [1.807, 2.05) is 23.1 Å². The lowest BCUT2D eigenvalue weighted by atomic mass is 10.0. The number of halogens is 1. The molecule has 5 heteroatoms. The molecule has 108 valence electrons. The minimum atomic E-state index is -0.0330. The third kappa shape index (κ3) is 2.83. The summed E-state index contributed by atoms with van der Waals surface area (Å²) in [6.45, 7) is 0.771. The molecule has 4 nitrogen and oxygen atoms in total. The number of hydrogen-bond acceptors (Lipinski definition) is 3. The van der Waals surface area contributed by atoms with Gasteiger partial charge in [-0.1, -0.05) is 0 Å². The van der Waals surface area contributed by atoms with E-state index in [4.69, 9.17) is 4.74 Å². The molecule has 20 heavy (non-hydrogen) atoms. The second-order valence-corrected chi connectivity index (χ2v) is 6.30. The van der Waals surface area contributed by atoms with Crippen LogP contribution in [0.2, 0.25) is 0 Å². The van der Waals surface area contributed by atoms with Crippen LogP contribution in [0.5, 0.6) is 5.75 Å². The van der Waals surface area contributed by atoms with Gasteiger partial charge in [-0.2, -0.15) is 0 Å². The third-order valence-corrected chi connectivity index (χ3v) is 4.57. The Morgan fingerprint density at radius 1 is 1.35 bits per heavy atom. The predicted octanol–water partition coefficient (Wildman–Crippen LogP) is 2.71. The summed E-state index contributed by atoms with van der Waals surface area (Å²) < 4.78 is 6.19. The average Bonchev–Trinajstić information content (AvgIpc) is 3.26. The number of nitrogens with one attached hydrogen (secondary N) is 1. The van der Waals surface area contributed by atoms with Crippen LogP contribution in [0.4, 0.5) is 5.69 Å². The van der Waals surface area contributed by atoms with E-state index >= 15 is 0 Å². The van der Waals surface area contributed by atoms with E-state index in [1.165, 1.54) is 12.8 Å². The number of piperidine rings is 1. The maximum Gasteiger partial charge on any atom is 0.244 e. The van der Waals surface area contributed by atoms with Crippen molar-refractivity contribution < 1.29 is 9.53 Å². The van der Waals surface area contributed by atoms with Crippen molar-refractivity contribution in [2.45, 2.75) is 37.8 Å². The summed E-state index contributed by atoms with van der Waals surface area (Å²) >= 11 is 3.54. The van der Waals surface area contributed by atoms with Gasteiger partial charge in [-0.05, 0) is 53.7 Å². The summed E-state index contributed by atoms with van der Waals surface area (Å²) in [5.74, 6) is 0.949. The number of hydrogen-bond donors (Lipinski definition) is 1. The number of amides is 1. The standard InChI is InChI=1S/C15H19BrN2O2/c1-20-11-6-7-12(16)14(9-11)18-8-2-3-13(15(18)19)17-10-4-5-10/h6-7,9-10,13,17H,2-5,8H2,1H3. The first-order valence-electron chi connectivity index (χ1n) is 7.10. The van der Waals surface area contributed by atoms with E-state index in [2.05, 4.69) is 21.2 Å². The van der Waals surface area contributed by atoms with Gasteiger partial charge in [-0.15, -0.1) is 0 Å². The number of anilines is 1. The SMILES string of the molecule is COc1ccc(Br)c(N2CCCC(NC3CC3)C2=O)c1. The lowest BCUT2D eigenvalue weighted by molar-refractivity contribution is -0.121. The summed E-state index contributed by atoms with van der Waals surface area (Å²) in [6, 6.07) is 6.26. The zero-order valence-corrected chi connectivity index (χ0v) is 13.1. The largest absolute Gasteiger partial charge is 0.497 e. The molecular formula is C15H19BrN2O2. The maximum absolute atomic E-state index is 12.6. The highest BCUT2D eigenvalue weighted by Crippen LogP contribution is 2.33. The lowest BCUT2D eigenvalue weighted by Crippen LogP contribution is -2.51. The van der Waals surface area contributed by atoms with E-state index in [0.717, 1.165) is 35.3 Å². The number of nitrogens with zero attached hydrogens (tertiary/aromatic N) is 1. The Morgan fingerprint density at radius 2 is 2.15 bits per heavy atom. The van der Waals surface area contributed by atoms with E-state index in [1.54, 1.807) is 7.11 Å². The molecule has 1 N–H and O–H groups in total. The quantitative estimate of drug-likeness (QED) is 0.917. The zero-order chi connectivity index (χ0) is 14.1. The molecule has 1 atom stereocenters. The molecule has 2 aliphatic rings. The highest BCUT2D eigenvalue weighted by atomic mass is 79.9. The van der Waals surface area contributed by atoms with Gasteiger partial charge in [-0.3, -0.25) is 4.79 Å². The topological polar surface area (TPSA) is 41.6 Å². The molecule has 0 aromatic heterocycles. The van der Waals surface area contributed by atoms with Crippen LogP contribution < -0.4 is 15.0 Å². The van der Waals surface area contributed by atoms with E-state index < -0.39 is 0 Å². The monoisotopic (exact) mass is 338 g/mol. The molecular weight excluding hydrogens is 320 g/mol. The van der Waals surface area contributed by atoms with Crippen molar-refractivity contribution in [2.75, 3.05) is 18.6 Å². The molecule has 1 amide bonds. The Morgan fingerprint density at radius 3 is 2.85 bits per heavy atom. The number of carbonyl (C=O) groups excluding carboxylic acids is 1. The van der Waals surface area contributed by atoms with E-state index in [-0.39, 0.29) is 11.9 Å². The van der Waals surface area contributed by atoms with Gasteiger partial charge in [0, 0.05) is 23.1 Å². The molecule has 1 aliphatic heterocycles. The summed E-state index contributed by atoms with van der Waals surface area (Å²) in [5.41, 5.74) is 0.900. The van der Waals surface area contributed by atoms with Crippen LogP contribution in [0.3, 0.4) is 0 Å². The van der Waals surface area contributed by atoms with Gasteiger partial charge in [0.15, 0.2) is 0 Å². The van der Waals surface area contributed by atoms with Crippen LogP contribution in [0, 0.1) is 0 Å². The molecule has 0 radical (unpaired) electrons. The predicted molar refractivity (Wildman–Crippen MR) is 82.2 cm³/mol. The minimum Gasteiger partial charge on any atom is -0.497 e. The Balaban J connectivity index is 1.82. The lowest BCUT2D eigenvalue weighted by Gasteiger charge is -2.33. The van der Waals surface area contributed by atoms with Crippen LogP contribution in [0.25, 0.3) is 0 Å². The fourth-order valence-electron chi connectivity index (χ4n) is 2.63. The van der Waals surface area contributed by atoms with Gasteiger partial charge in [0.25, 0.3) is 0 Å². The van der Waals surface area contributed by atoms with Gasteiger partial charge in [-0.25, -0.2) is 0 Å². The number of ether oxygens (including phenoxy) is 1. The van der Waals surface area contributed by atoms with Gasteiger partial charge >= 0.3 is 0 Å². The molecule has 1 saturated heterocycles. The Labute approximate surface area is 127 Å². The van der Waals surface area contributed by atoms with Gasteiger partial charge in [0.1, 0.15) is 5.75 Å². The molecule has 0 spiro atoms. The van der Waals surface area contributed by atoms with Crippen molar-refractivity contribution in [3.63, 3.8) is 0 Å². The van der Waals surface area contributed by atoms with Crippen LogP contribution in [0.15, 0.2) is 22.7 Å². The fourth-order valence-corrected chi connectivity index (χ4v) is 3.09. The Kier molecular flexibility index (Phi) is 3.98. The molecule has 1 aromatic rings. The summed E-state index contributed by atoms with van der Waals surface area (Å²) in [7, 11) is 1.64. The molecule has 2 fully saturated rings. The number of benzene rings is 1. The molecule has 1 aliphatic carbocycles. The van der Waals surface area contributed by atoms with Crippen LogP contribution in [-0.2, 0) is 4.79 Å². The normalized spacial score (nSPS) is 23.0. The fraction of sp³-hybridized carbons (Fsp3) is 0.533. The van der Waals surface area contributed by atoms with Crippen molar-refractivity contribution in [2.24, 2.45) is 0 Å².